The summed E-state index contributed by atoms with van der Waals surface area (Å²) in [5.74, 6) is 3.57. The fourth-order valence-corrected chi connectivity index (χ4v) is 10.1. The Hall–Kier alpha value is -0.940. The first-order chi connectivity index (χ1) is 15.2. The molecule has 5 nitrogen and oxygen atoms in total. The van der Waals surface area contributed by atoms with Crippen LogP contribution in [0.2, 0.25) is 0 Å². The number of allylic oxidation sites excluding steroid dienone is 1. The molecule has 2 aliphatic heterocycles. The number of aliphatic hydroxyl groups excluding tert-OH is 1. The maximum absolute atomic E-state index is 11.8. The molecule has 11 atom stereocenters. The maximum atomic E-state index is 11.8. The largest absolute Gasteiger partial charge is 0.393 e. The predicted molar refractivity (Wildman–Crippen MR) is 124 cm³/mol. The average Bonchev–Trinajstić information content (AvgIpc) is 3.21. The summed E-state index contributed by atoms with van der Waals surface area (Å²) in [5.41, 5.74) is 1.65. The normalized spacial score (nSPS) is 56.8. The summed E-state index contributed by atoms with van der Waals surface area (Å²) >= 11 is 0. The van der Waals surface area contributed by atoms with Gasteiger partial charge in [0.2, 0.25) is 0 Å². The predicted octanol–water partition coefficient (Wildman–Crippen LogP) is 5.68. The zero-order chi connectivity index (χ0) is 22.5. The van der Waals surface area contributed by atoms with Crippen LogP contribution < -0.4 is 0 Å². The van der Waals surface area contributed by atoms with Crippen LogP contribution in [0.1, 0.15) is 85.5 Å². The van der Waals surface area contributed by atoms with E-state index in [0.29, 0.717) is 29.1 Å². The van der Waals surface area contributed by atoms with Crippen LogP contribution in [0.25, 0.3) is 0 Å². The van der Waals surface area contributed by atoms with E-state index >= 15 is 0 Å². The van der Waals surface area contributed by atoms with Gasteiger partial charge in [0.1, 0.15) is 0 Å². The van der Waals surface area contributed by atoms with Crippen molar-refractivity contribution in [3.05, 3.63) is 16.6 Å². The van der Waals surface area contributed by atoms with E-state index in [9.17, 15) is 10.0 Å². The first kappa shape index (κ1) is 21.6. The number of aliphatic hydroxyl groups is 1. The first-order valence-electron chi connectivity index (χ1n) is 13.4. The highest BCUT2D eigenvalue weighted by Gasteiger charge is 2.69. The standard InChI is InChI=1S/C27H42N2O3/c1-16-7-12-27(29(15-16)28-31)17(2)24-23(32-27)14-22-20-6-5-18-13-19(30)8-10-25(18,3)21(20)9-11-26(22,24)4/h5,16-17,19-24,30H,6-15H2,1-4H3. The second-order valence-electron chi connectivity index (χ2n) is 13.1. The van der Waals surface area contributed by atoms with E-state index < -0.39 is 5.72 Å². The number of hydrogen-bond acceptors (Lipinski definition) is 4. The van der Waals surface area contributed by atoms with E-state index in [4.69, 9.17) is 4.74 Å². The topological polar surface area (TPSA) is 62.1 Å². The van der Waals surface area contributed by atoms with Gasteiger partial charge >= 0.3 is 0 Å². The van der Waals surface area contributed by atoms with Crippen LogP contribution in [0.5, 0.6) is 0 Å². The van der Waals surface area contributed by atoms with Crippen LogP contribution in [0, 0.1) is 51.2 Å². The lowest BCUT2D eigenvalue weighted by Crippen LogP contribution is -2.57. The molecule has 6 rings (SSSR count). The van der Waals surface area contributed by atoms with Crippen molar-refractivity contribution in [1.29, 1.82) is 0 Å². The monoisotopic (exact) mass is 442 g/mol. The van der Waals surface area contributed by atoms with E-state index in [2.05, 4.69) is 39.1 Å². The van der Waals surface area contributed by atoms with Gasteiger partial charge in [0.15, 0.2) is 5.72 Å². The number of rotatable bonds is 1. The third-order valence-corrected chi connectivity index (χ3v) is 11.8. The van der Waals surface area contributed by atoms with E-state index in [-0.39, 0.29) is 17.6 Å². The van der Waals surface area contributed by atoms with Crippen molar-refractivity contribution in [2.75, 3.05) is 6.54 Å². The van der Waals surface area contributed by atoms with Crippen molar-refractivity contribution >= 4 is 0 Å². The SMILES string of the molecule is CC1CCC2(OC3CC4C5CC=C6CC(O)CCC6(C)C5CCC4(C)C3C2C)N(N=O)C1. The molecular formula is C27H42N2O3. The van der Waals surface area contributed by atoms with Gasteiger partial charge in [0.05, 0.1) is 17.5 Å². The van der Waals surface area contributed by atoms with E-state index in [1.54, 1.807) is 10.6 Å². The number of nitroso groups, excluding NO2 is 1. The third-order valence-electron chi connectivity index (χ3n) is 11.8. The Morgan fingerprint density at radius 2 is 1.94 bits per heavy atom. The Morgan fingerprint density at radius 1 is 1.12 bits per heavy atom. The number of hydrogen-bond donors (Lipinski definition) is 1. The lowest BCUT2D eigenvalue weighted by Gasteiger charge is -2.58. The molecule has 2 saturated heterocycles. The smallest absolute Gasteiger partial charge is 0.162 e. The summed E-state index contributed by atoms with van der Waals surface area (Å²) in [6, 6.07) is 0. The Balaban J connectivity index is 1.30. The van der Waals surface area contributed by atoms with Gasteiger partial charge in [-0.25, -0.2) is 5.01 Å². The Morgan fingerprint density at radius 3 is 2.72 bits per heavy atom. The quantitative estimate of drug-likeness (QED) is 0.419. The minimum absolute atomic E-state index is 0.136. The zero-order valence-corrected chi connectivity index (χ0v) is 20.4. The van der Waals surface area contributed by atoms with E-state index in [0.717, 1.165) is 56.9 Å². The van der Waals surface area contributed by atoms with Gasteiger partial charge in [-0.1, -0.05) is 39.3 Å². The molecule has 178 valence electrons. The first-order valence-corrected chi connectivity index (χ1v) is 13.4. The highest BCUT2D eigenvalue weighted by molar-refractivity contribution is 5.26. The molecule has 0 aromatic carbocycles. The lowest BCUT2D eigenvalue weighted by molar-refractivity contribution is -0.196. The van der Waals surface area contributed by atoms with Gasteiger partial charge < -0.3 is 9.84 Å². The molecule has 32 heavy (non-hydrogen) atoms. The van der Waals surface area contributed by atoms with Gasteiger partial charge in [0, 0.05) is 12.5 Å². The summed E-state index contributed by atoms with van der Waals surface area (Å²) in [4.78, 5) is 11.8. The summed E-state index contributed by atoms with van der Waals surface area (Å²) in [6.45, 7) is 10.4. The lowest BCUT2D eigenvalue weighted by atomic mass is 9.47. The molecule has 2 heterocycles. The Labute approximate surface area is 193 Å². The summed E-state index contributed by atoms with van der Waals surface area (Å²) in [5, 5.41) is 15.6. The molecule has 0 amide bonds. The van der Waals surface area contributed by atoms with E-state index in [1.807, 2.05) is 0 Å². The molecule has 0 aromatic rings. The molecule has 5 heteroatoms. The van der Waals surface area contributed by atoms with Crippen molar-refractivity contribution in [2.24, 2.45) is 51.6 Å². The van der Waals surface area contributed by atoms with Crippen molar-refractivity contribution in [3.8, 4) is 0 Å². The molecule has 1 N–H and O–H groups in total. The number of piperidine rings is 1. The van der Waals surface area contributed by atoms with Crippen molar-refractivity contribution in [3.63, 3.8) is 0 Å². The van der Waals surface area contributed by atoms with Gasteiger partial charge in [-0.2, -0.15) is 0 Å². The summed E-state index contributed by atoms with van der Waals surface area (Å²) in [6.07, 6.45) is 12.6. The second kappa shape index (κ2) is 7.04. The van der Waals surface area contributed by atoms with Gasteiger partial charge in [-0.15, -0.1) is 4.91 Å². The van der Waals surface area contributed by atoms with E-state index in [1.165, 1.54) is 19.3 Å². The number of fused-ring (bicyclic) bond motifs is 7. The van der Waals surface area contributed by atoms with Crippen LogP contribution in [0.3, 0.4) is 0 Å². The van der Waals surface area contributed by atoms with Crippen LogP contribution in [-0.2, 0) is 4.74 Å². The van der Waals surface area contributed by atoms with Crippen molar-refractivity contribution in [1.82, 2.24) is 5.01 Å². The van der Waals surface area contributed by atoms with Crippen LogP contribution in [-0.4, -0.2) is 34.6 Å². The molecule has 11 unspecified atom stereocenters. The highest BCUT2D eigenvalue weighted by Crippen LogP contribution is 2.70. The van der Waals surface area contributed by atoms with Gasteiger partial charge in [-0.05, 0) is 98.2 Å². The molecule has 6 aliphatic rings. The highest BCUT2D eigenvalue weighted by atomic mass is 16.5. The Kier molecular flexibility index (Phi) is 4.75. The zero-order valence-electron chi connectivity index (χ0n) is 20.4. The number of nitrogens with zero attached hydrogens (tertiary/aromatic N) is 2. The fraction of sp³-hybridized carbons (Fsp3) is 0.926. The second-order valence-corrected chi connectivity index (χ2v) is 13.1. The minimum atomic E-state index is -0.473. The molecule has 5 fully saturated rings. The summed E-state index contributed by atoms with van der Waals surface area (Å²) < 4.78 is 6.94. The summed E-state index contributed by atoms with van der Waals surface area (Å²) in [7, 11) is 0. The fourth-order valence-electron chi connectivity index (χ4n) is 10.1. The maximum Gasteiger partial charge on any atom is 0.162 e. The third kappa shape index (κ3) is 2.64. The van der Waals surface area contributed by atoms with Crippen LogP contribution in [0.15, 0.2) is 16.9 Å². The number of ether oxygens (including phenoxy) is 1. The van der Waals surface area contributed by atoms with Crippen LogP contribution >= 0.6 is 0 Å². The molecule has 0 radical (unpaired) electrons. The van der Waals surface area contributed by atoms with Gasteiger partial charge in [0.25, 0.3) is 0 Å². The average molecular weight is 443 g/mol. The molecule has 4 aliphatic carbocycles. The van der Waals surface area contributed by atoms with Crippen molar-refractivity contribution < 1.29 is 9.84 Å². The molecular weight excluding hydrogens is 400 g/mol. The minimum Gasteiger partial charge on any atom is -0.393 e. The van der Waals surface area contributed by atoms with Crippen molar-refractivity contribution in [2.45, 2.75) is 103 Å². The molecule has 3 saturated carbocycles. The molecule has 1 spiro atoms. The van der Waals surface area contributed by atoms with Gasteiger partial charge in [-0.3, -0.25) is 0 Å². The Bertz CT molecular complexity index is 830. The molecule has 0 aromatic heterocycles. The molecule has 0 bridgehead atoms. The van der Waals surface area contributed by atoms with Crippen LogP contribution in [0.4, 0.5) is 0 Å².